The molecule has 174 valence electrons. The minimum atomic E-state index is -0.0224. The zero-order valence-corrected chi connectivity index (χ0v) is 21.0. The fourth-order valence-corrected chi connectivity index (χ4v) is 5.78. The number of hydrogen-bond donors (Lipinski definition) is 0. The minimum Gasteiger partial charge on any atom is -0.338 e. The van der Waals surface area contributed by atoms with Gasteiger partial charge >= 0.3 is 0 Å². The molecular weight excluding hydrogens is 426 g/mol. The molecule has 0 spiro atoms. The number of aryl methyl sites for hydroxylation is 2. The highest BCUT2D eigenvalue weighted by Gasteiger charge is 2.36. The van der Waals surface area contributed by atoms with Crippen molar-refractivity contribution in [3.8, 4) is 0 Å². The van der Waals surface area contributed by atoms with Crippen LogP contribution in [0.25, 0.3) is 0 Å². The second-order valence-electron chi connectivity index (χ2n) is 9.73. The highest BCUT2D eigenvalue weighted by atomic mass is 32.1. The van der Waals surface area contributed by atoms with Crippen molar-refractivity contribution in [2.45, 2.75) is 46.7 Å². The van der Waals surface area contributed by atoms with Gasteiger partial charge in [0.2, 0.25) is 5.91 Å². The molecule has 4 nitrogen and oxygen atoms in total. The van der Waals surface area contributed by atoms with E-state index in [0.717, 1.165) is 31.7 Å². The van der Waals surface area contributed by atoms with E-state index in [1.807, 2.05) is 37.4 Å². The molecule has 0 N–H and O–H groups in total. The summed E-state index contributed by atoms with van der Waals surface area (Å²) in [6.45, 7) is 12.7. The fourth-order valence-electron chi connectivity index (χ4n) is 4.83. The molecule has 0 aliphatic carbocycles. The SMILES string of the molecule is Cc1ccc([C@@H]2CN(Cc3sccc3C)C[C@H]2CN(Cc2cccnc2)C(=O)C(C)C)cc1. The van der Waals surface area contributed by atoms with Crippen molar-refractivity contribution in [1.29, 1.82) is 0 Å². The maximum absolute atomic E-state index is 13.2. The van der Waals surface area contributed by atoms with Crippen LogP contribution in [-0.4, -0.2) is 40.3 Å². The summed E-state index contributed by atoms with van der Waals surface area (Å²) in [4.78, 5) is 23.6. The molecule has 1 aliphatic rings. The Morgan fingerprint density at radius 1 is 1.15 bits per heavy atom. The molecule has 3 aromatic rings. The third kappa shape index (κ3) is 5.90. The fraction of sp³-hybridized carbons (Fsp3) is 0.429. The molecule has 33 heavy (non-hydrogen) atoms. The van der Waals surface area contributed by atoms with Crippen molar-refractivity contribution in [2.24, 2.45) is 11.8 Å². The van der Waals surface area contributed by atoms with Crippen LogP contribution in [0.3, 0.4) is 0 Å². The van der Waals surface area contributed by atoms with Crippen molar-refractivity contribution in [2.75, 3.05) is 19.6 Å². The average molecular weight is 462 g/mol. The van der Waals surface area contributed by atoms with Gasteiger partial charge in [0.05, 0.1) is 0 Å². The van der Waals surface area contributed by atoms with Gasteiger partial charge in [0.25, 0.3) is 0 Å². The summed E-state index contributed by atoms with van der Waals surface area (Å²) in [5.41, 5.74) is 5.13. The Hall–Kier alpha value is -2.50. The summed E-state index contributed by atoms with van der Waals surface area (Å²) >= 11 is 1.85. The van der Waals surface area contributed by atoms with Gasteiger partial charge in [0.1, 0.15) is 0 Å². The number of amides is 1. The van der Waals surface area contributed by atoms with Gasteiger partial charge in [-0.2, -0.15) is 0 Å². The van der Waals surface area contributed by atoms with Gasteiger partial charge in [0, 0.05) is 61.8 Å². The lowest BCUT2D eigenvalue weighted by Crippen LogP contribution is -2.39. The second kappa shape index (κ2) is 10.6. The maximum Gasteiger partial charge on any atom is 0.225 e. The Bertz CT molecular complexity index is 1040. The lowest BCUT2D eigenvalue weighted by atomic mass is 9.88. The monoisotopic (exact) mass is 461 g/mol. The van der Waals surface area contributed by atoms with Gasteiger partial charge in [-0.15, -0.1) is 11.3 Å². The van der Waals surface area contributed by atoms with E-state index < -0.39 is 0 Å². The Morgan fingerprint density at radius 2 is 1.94 bits per heavy atom. The van der Waals surface area contributed by atoms with Crippen LogP contribution in [0.15, 0.2) is 60.2 Å². The van der Waals surface area contributed by atoms with Gasteiger partial charge in [-0.3, -0.25) is 14.7 Å². The molecule has 0 bridgehead atoms. The summed E-state index contributed by atoms with van der Waals surface area (Å²) < 4.78 is 0. The van der Waals surface area contributed by atoms with Crippen molar-refractivity contribution in [3.05, 3.63) is 87.4 Å². The minimum absolute atomic E-state index is 0.0224. The van der Waals surface area contributed by atoms with Crippen LogP contribution in [0.5, 0.6) is 0 Å². The predicted molar refractivity (Wildman–Crippen MR) is 136 cm³/mol. The first-order valence-corrected chi connectivity index (χ1v) is 12.8. The standard InChI is InChI=1S/C28H35N3OS/c1-20(2)28(32)31(15-23-6-5-12-29-14-23)17-25-16-30(19-27-22(4)11-13-33-27)18-26(25)24-9-7-21(3)8-10-24/h5-14,20,25-26H,15-19H2,1-4H3/t25-,26-/m0/s1. The summed E-state index contributed by atoms with van der Waals surface area (Å²) in [6, 6.07) is 15.2. The van der Waals surface area contributed by atoms with E-state index in [4.69, 9.17) is 0 Å². The summed E-state index contributed by atoms with van der Waals surface area (Å²) in [5, 5.41) is 2.19. The van der Waals surface area contributed by atoms with Crippen LogP contribution in [0.4, 0.5) is 0 Å². The maximum atomic E-state index is 13.2. The van der Waals surface area contributed by atoms with Gasteiger partial charge < -0.3 is 4.90 Å². The lowest BCUT2D eigenvalue weighted by Gasteiger charge is -2.30. The topological polar surface area (TPSA) is 36.4 Å². The van der Waals surface area contributed by atoms with E-state index in [1.165, 1.54) is 21.6 Å². The smallest absolute Gasteiger partial charge is 0.225 e. The van der Waals surface area contributed by atoms with Crippen LogP contribution in [0.2, 0.25) is 0 Å². The Balaban J connectivity index is 1.57. The zero-order valence-electron chi connectivity index (χ0n) is 20.2. The lowest BCUT2D eigenvalue weighted by molar-refractivity contribution is -0.135. The normalized spacial score (nSPS) is 18.7. The second-order valence-corrected chi connectivity index (χ2v) is 10.7. The third-order valence-electron chi connectivity index (χ3n) is 6.71. The van der Waals surface area contributed by atoms with Crippen LogP contribution in [0.1, 0.15) is 46.9 Å². The number of carbonyl (C=O) groups excluding carboxylic acids is 1. The van der Waals surface area contributed by atoms with Crippen molar-refractivity contribution in [1.82, 2.24) is 14.8 Å². The van der Waals surface area contributed by atoms with E-state index in [-0.39, 0.29) is 11.8 Å². The van der Waals surface area contributed by atoms with Crippen LogP contribution >= 0.6 is 11.3 Å². The quantitative estimate of drug-likeness (QED) is 0.434. The Kier molecular flexibility index (Phi) is 7.61. The highest BCUT2D eigenvalue weighted by Crippen LogP contribution is 2.35. The zero-order chi connectivity index (χ0) is 23.4. The van der Waals surface area contributed by atoms with Crippen LogP contribution in [0, 0.1) is 25.7 Å². The Morgan fingerprint density at radius 3 is 2.58 bits per heavy atom. The first kappa shape index (κ1) is 23.7. The van der Waals surface area contributed by atoms with Crippen molar-refractivity contribution >= 4 is 17.2 Å². The largest absolute Gasteiger partial charge is 0.338 e. The molecule has 0 saturated carbocycles. The summed E-state index contributed by atoms with van der Waals surface area (Å²) in [6.07, 6.45) is 3.66. The van der Waals surface area contributed by atoms with Gasteiger partial charge in [-0.1, -0.05) is 49.7 Å². The van der Waals surface area contributed by atoms with E-state index in [1.54, 1.807) is 6.20 Å². The molecule has 0 radical (unpaired) electrons. The summed E-state index contributed by atoms with van der Waals surface area (Å²) in [5.74, 6) is 1.01. The molecule has 5 heteroatoms. The first-order chi connectivity index (χ1) is 15.9. The number of nitrogens with zero attached hydrogens (tertiary/aromatic N) is 3. The van der Waals surface area contributed by atoms with E-state index in [0.29, 0.717) is 18.4 Å². The molecule has 2 aromatic heterocycles. The van der Waals surface area contributed by atoms with E-state index >= 15 is 0 Å². The molecule has 2 atom stereocenters. The number of aromatic nitrogens is 1. The van der Waals surface area contributed by atoms with E-state index in [2.05, 4.69) is 70.4 Å². The number of rotatable bonds is 8. The van der Waals surface area contributed by atoms with Crippen molar-refractivity contribution in [3.63, 3.8) is 0 Å². The van der Waals surface area contributed by atoms with Crippen LogP contribution < -0.4 is 0 Å². The average Bonchev–Trinajstić information content (AvgIpc) is 3.40. The molecule has 0 unspecified atom stereocenters. The number of thiophene rings is 1. The number of hydrogen-bond acceptors (Lipinski definition) is 4. The first-order valence-electron chi connectivity index (χ1n) is 11.9. The van der Waals surface area contributed by atoms with Crippen LogP contribution in [-0.2, 0) is 17.9 Å². The van der Waals surface area contributed by atoms with Gasteiger partial charge in [-0.05, 0) is 54.0 Å². The Labute approximate surface area is 202 Å². The molecule has 1 aromatic carbocycles. The van der Waals surface area contributed by atoms with E-state index in [9.17, 15) is 4.79 Å². The summed E-state index contributed by atoms with van der Waals surface area (Å²) in [7, 11) is 0. The molecule has 4 rings (SSSR count). The number of pyridine rings is 1. The third-order valence-corrected chi connectivity index (χ3v) is 7.72. The number of benzene rings is 1. The number of likely N-dealkylation sites (tertiary alicyclic amines) is 1. The molecule has 3 heterocycles. The molecule has 1 fully saturated rings. The van der Waals surface area contributed by atoms with Gasteiger partial charge in [0.15, 0.2) is 0 Å². The molecule has 1 aliphatic heterocycles. The van der Waals surface area contributed by atoms with Crippen molar-refractivity contribution < 1.29 is 4.79 Å². The predicted octanol–water partition coefficient (Wildman–Crippen LogP) is 5.66. The number of carbonyl (C=O) groups is 1. The highest BCUT2D eigenvalue weighted by molar-refractivity contribution is 7.10. The molecule has 1 amide bonds. The van der Waals surface area contributed by atoms with Gasteiger partial charge in [-0.25, -0.2) is 0 Å². The molecule has 1 saturated heterocycles. The molecular formula is C28H35N3OS.